The van der Waals surface area contributed by atoms with Gasteiger partial charge in [-0.05, 0) is 281 Å². The van der Waals surface area contributed by atoms with Crippen LogP contribution in [0, 0.1) is 34.6 Å². The number of carbonyl (C=O) groups excluding carboxylic acids is 4. The zero-order valence-corrected chi connectivity index (χ0v) is 91.3. The van der Waals surface area contributed by atoms with Crippen LogP contribution >= 0.6 is 69.6 Å². The fraction of sp³-hybridized carbons (Fsp3) is 0.397. The van der Waals surface area contributed by atoms with Crippen LogP contribution in [0.5, 0.6) is 0 Å². The monoisotopic (exact) mass is 2180 g/mol. The van der Waals surface area contributed by atoms with E-state index in [1.54, 1.807) is 45.9 Å². The maximum Gasteiger partial charge on any atom is 0.251 e. The maximum absolute atomic E-state index is 12.8. The molecule has 0 aliphatic carbocycles. The van der Waals surface area contributed by atoms with E-state index in [9.17, 15) is 70.2 Å². The highest BCUT2D eigenvalue weighted by Gasteiger charge is 2.36. The highest BCUT2D eigenvalue weighted by molar-refractivity contribution is 6.34. The van der Waals surface area contributed by atoms with Crippen LogP contribution in [0.15, 0.2) is 224 Å². The molecule has 2 aliphatic rings. The van der Waals surface area contributed by atoms with E-state index >= 15 is 0 Å². The van der Waals surface area contributed by atoms with E-state index in [1.165, 1.54) is 6.07 Å². The van der Waals surface area contributed by atoms with Gasteiger partial charge in [-0.15, -0.1) is 11.6 Å². The molecular formula is C116H146Cl6N10O18. The standard InChI is InChI=1S/C29H37ClN2O4.C27H31Cl3N2O4.C23H24Cl2N2O2.C21H30N2O4.C16H24N2O4/c1-21-19-23(31(11-15-33)12-16-34)7-9-25(21)29(27-5-3-4-6-28(27)30)26-10-8-24(20-22(26)2)32(13-17-35)14-18-36;28-24-4-2-1-3-21(24)27(22-7-5-19(17-25(22)29)31(9-13-33)10-14-34)23-8-6-20(18-26(23)30)32(11-15-35)12-16-36;24-20-7-1-17(2-8-20)23(25,18-3-9-21(10-4-18)26-13-15-28)19-5-11-22(12-6-19)27-14-16-29;1-13-10-14(2)19(21(25)23-12-17-7-5-9-27-17)15(3)18(13)20(24)22-11-16-6-4-8-26-16;1-15(2,9-19)17-13(21)11-6-5-7-12(8-11)14(22)18-16(3,4)10-20/h3-10,19-20,29,33-36H,11-18H2,1-2H3;1-8,17-18,27,33-36H,9-16H2;1-12,26-29H,13-16H2;10,16-17H,4-9,11-12H2,1-3H3,(H,22,24)(H,23,25);5-8,19-20H,9-10H2,1-4H3,(H,17,21)(H,18,22). The number of benzene rings is 11. The number of nitrogens with one attached hydrogen (secondary N) is 6. The molecule has 2 atom stereocenters. The number of halogens is 6. The molecule has 0 radical (unpaired) electrons. The molecule has 11 aromatic carbocycles. The first-order chi connectivity index (χ1) is 72.0. The molecule has 2 heterocycles. The van der Waals surface area contributed by atoms with Gasteiger partial charge in [0.05, 0.1) is 103 Å². The van der Waals surface area contributed by atoms with Crippen LogP contribution < -0.4 is 51.5 Å². The van der Waals surface area contributed by atoms with Crippen LogP contribution in [0.4, 0.5) is 34.1 Å². The molecule has 0 aromatic heterocycles. The summed E-state index contributed by atoms with van der Waals surface area (Å²) >= 11 is 40.4. The summed E-state index contributed by atoms with van der Waals surface area (Å²) in [5.74, 6) is -1.49. The van der Waals surface area contributed by atoms with Gasteiger partial charge in [0.1, 0.15) is 4.87 Å². The average molecular weight is 2180 g/mol. The minimum Gasteiger partial charge on any atom is -0.395 e. The minimum absolute atomic E-state index is 0.0121. The Balaban J connectivity index is 0.000000210. The van der Waals surface area contributed by atoms with Crippen molar-refractivity contribution >= 4 is 127 Å². The topological polar surface area (TPSA) is 415 Å². The third-order valence-electron chi connectivity index (χ3n) is 25.8. The van der Waals surface area contributed by atoms with Crippen molar-refractivity contribution in [3.05, 3.63) is 350 Å². The summed E-state index contributed by atoms with van der Waals surface area (Å²) in [6.45, 7) is 23.0. The number of carbonyl (C=O) groups is 4. The lowest BCUT2D eigenvalue weighted by atomic mass is 9.81. The van der Waals surface area contributed by atoms with Crippen LogP contribution in [0.25, 0.3) is 0 Å². The van der Waals surface area contributed by atoms with Crippen molar-refractivity contribution in [3.63, 3.8) is 0 Å². The third kappa shape index (κ3) is 35.2. The van der Waals surface area contributed by atoms with Crippen molar-refractivity contribution in [2.45, 2.75) is 128 Å². The van der Waals surface area contributed by atoms with Crippen LogP contribution in [-0.2, 0) is 14.3 Å². The number of aliphatic hydroxyl groups is 12. The molecule has 11 aromatic rings. The summed E-state index contributed by atoms with van der Waals surface area (Å²) in [5, 5.41) is 132. The average Bonchev–Trinajstić information content (AvgIpc) is 0.837. The van der Waals surface area contributed by atoms with Gasteiger partial charge in [0.15, 0.2) is 0 Å². The predicted octanol–water partition coefficient (Wildman–Crippen LogP) is 15.9. The van der Waals surface area contributed by atoms with E-state index in [2.05, 4.69) is 76.1 Å². The SMILES string of the molecule is CC(C)(CO)NC(=O)c1cccc(C(=O)NC(C)(C)CO)c1.Cc1cc(C)c(C(=O)NCC2CCCO2)c(C)c1C(=O)NCC1CCCO1.Cc1cc(N(CCO)CCO)ccc1C(c1ccc(N(CCO)CCO)cc1C)c1ccccc1Cl.OCCN(CCO)c1ccc(C(c2ccccc2Cl)c2ccc(N(CCO)CCO)cc2Cl)c(Cl)c1.OCCNc1ccc(C(Cl)(c2ccc(Cl)cc2)c2ccc(NCCO)cc2)cc1. The molecule has 810 valence electrons. The fourth-order valence-electron chi connectivity index (χ4n) is 18.1. The Bertz CT molecular complexity index is 5600. The number of hydrogen-bond donors (Lipinski definition) is 18. The van der Waals surface area contributed by atoms with Gasteiger partial charge in [-0.1, -0.05) is 167 Å². The predicted molar refractivity (Wildman–Crippen MR) is 604 cm³/mol. The minimum atomic E-state index is -0.893. The largest absolute Gasteiger partial charge is 0.395 e. The molecule has 28 nitrogen and oxygen atoms in total. The van der Waals surface area contributed by atoms with Gasteiger partial charge in [0, 0.05) is 185 Å². The second-order valence-corrected chi connectivity index (χ2v) is 40.5. The van der Waals surface area contributed by atoms with E-state index in [4.69, 9.17) is 89.3 Å². The summed E-state index contributed by atoms with van der Waals surface area (Å²) in [4.78, 5) is 56.6. The molecule has 4 amide bonds. The molecule has 13 rings (SSSR count). The van der Waals surface area contributed by atoms with E-state index < -0.39 is 16.0 Å². The van der Waals surface area contributed by atoms with Crippen molar-refractivity contribution in [2.24, 2.45) is 0 Å². The number of hydrogen-bond acceptors (Lipinski definition) is 24. The Morgan fingerprint density at radius 2 is 0.660 bits per heavy atom. The molecule has 34 heteroatoms. The Labute approximate surface area is 911 Å². The lowest BCUT2D eigenvalue weighted by Gasteiger charge is -2.29. The molecule has 18 N–H and O–H groups in total. The van der Waals surface area contributed by atoms with Crippen LogP contribution in [0.3, 0.4) is 0 Å². The second kappa shape index (κ2) is 61.8. The number of amides is 4. The second-order valence-electron chi connectivity index (χ2n) is 37.9. The van der Waals surface area contributed by atoms with E-state index in [1.807, 2.05) is 210 Å². The smallest absolute Gasteiger partial charge is 0.251 e. The van der Waals surface area contributed by atoms with Crippen molar-refractivity contribution < 1.29 is 89.9 Å². The molecule has 0 spiro atoms. The molecule has 2 fully saturated rings. The number of anilines is 6. The van der Waals surface area contributed by atoms with Gasteiger partial charge < -0.3 is 122 Å². The van der Waals surface area contributed by atoms with Gasteiger partial charge in [0.2, 0.25) is 0 Å². The van der Waals surface area contributed by atoms with Gasteiger partial charge in [0.25, 0.3) is 23.6 Å². The normalized spacial score (nSPS) is 13.3. The number of rotatable bonds is 47. The van der Waals surface area contributed by atoms with Gasteiger partial charge >= 0.3 is 0 Å². The van der Waals surface area contributed by atoms with Gasteiger partial charge in [-0.3, -0.25) is 19.2 Å². The van der Waals surface area contributed by atoms with Gasteiger partial charge in [-0.2, -0.15) is 0 Å². The number of aryl methyl sites for hydroxylation is 4. The Hall–Kier alpha value is -10.7. The number of nitrogens with zero attached hydrogens (tertiary/aromatic N) is 4. The Morgan fingerprint density at radius 1 is 0.347 bits per heavy atom. The highest BCUT2D eigenvalue weighted by Crippen LogP contribution is 2.47. The third-order valence-corrected chi connectivity index (χ3v) is 28.0. The summed E-state index contributed by atoms with van der Waals surface area (Å²) < 4.78 is 11.1. The van der Waals surface area contributed by atoms with Crippen LogP contribution in [-0.4, -0.2) is 279 Å². The lowest BCUT2D eigenvalue weighted by molar-refractivity contribution is 0.0848. The molecular weight excluding hydrogens is 2030 g/mol. The summed E-state index contributed by atoms with van der Waals surface area (Å²) in [7, 11) is 0. The summed E-state index contributed by atoms with van der Waals surface area (Å²) in [6, 6.07) is 70.7. The zero-order valence-electron chi connectivity index (χ0n) is 86.8. The number of ether oxygens (including phenoxy) is 2. The molecule has 2 aliphatic heterocycles. The molecule has 0 bridgehead atoms. The highest BCUT2D eigenvalue weighted by atomic mass is 35.5. The summed E-state index contributed by atoms with van der Waals surface area (Å²) in [6.07, 6.45) is 4.21. The number of alkyl halides is 1. The first kappa shape index (κ1) is 123. The lowest BCUT2D eigenvalue weighted by Crippen LogP contribution is -2.47. The Morgan fingerprint density at radius 3 is 0.960 bits per heavy atom. The first-order valence-electron chi connectivity index (χ1n) is 50.4. The van der Waals surface area contributed by atoms with Crippen molar-refractivity contribution in [1.29, 1.82) is 0 Å². The van der Waals surface area contributed by atoms with E-state index in [-0.39, 0.29) is 127 Å². The molecule has 0 saturated carbocycles. The number of aliphatic hydroxyl groups excluding tert-OH is 12. The van der Waals surface area contributed by atoms with Crippen molar-refractivity contribution in [2.75, 3.05) is 201 Å². The van der Waals surface area contributed by atoms with Crippen LogP contribution in [0.1, 0.15) is 185 Å². The van der Waals surface area contributed by atoms with E-state index in [0.717, 1.165) is 151 Å². The molecule has 2 saturated heterocycles. The first-order valence-corrected chi connectivity index (χ1v) is 52.7. The van der Waals surface area contributed by atoms with Crippen molar-refractivity contribution in [1.82, 2.24) is 21.3 Å². The fourth-order valence-corrected chi connectivity index (χ4v) is 19.6. The van der Waals surface area contributed by atoms with E-state index in [0.29, 0.717) is 126 Å². The molecule has 2 unspecified atom stereocenters. The van der Waals surface area contributed by atoms with Gasteiger partial charge in [-0.25, -0.2) is 0 Å². The van der Waals surface area contributed by atoms with Crippen LogP contribution in [0.2, 0.25) is 25.1 Å². The Kier molecular flexibility index (Phi) is 50.6. The maximum atomic E-state index is 12.8. The summed E-state index contributed by atoms with van der Waals surface area (Å²) in [5.41, 5.74) is 18.8. The molecule has 150 heavy (non-hydrogen) atoms. The zero-order chi connectivity index (χ0) is 109. The quantitative estimate of drug-likeness (QED) is 0.0124. The van der Waals surface area contributed by atoms with Crippen molar-refractivity contribution in [3.8, 4) is 0 Å².